The molecule has 0 radical (unpaired) electrons. The van der Waals surface area contributed by atoms with E-state index in [1.165, 1.54) is 11.3 Å². The third-order valence-electron chi connectivity index (χ3n) is 3.35. The van der Waals surface area contributed by atoms with E-state index in [0.29, 0.717) is 33.9 Å². The van der Waals surface area contributed by atoms with Crippen molar-refractivity contribution in [3.8, 4) is 0 Å². The van der Waals surface area contributed by atoms with E-state index in [4.69, 9.17) is 11.6 Å². The van der Waals surface area contributed by atoms with E-state index >= 15 is 0 Å². The first-order valence-electron chi connectivity index (χ1n) is 7.91. The van der Waals surface area contributed by atoms with Crippen molar-refractivity contribution in [1.29, 1.82) is 0 Å². The number of nitrogens with one attached hydrogen (secondary N) is 3. The van der Waals surface area contributed by atoms with E-state index in [9.17, 15) is 4.79 Å². The van der Waals surface area contributed by atoms with Crippen LogP contribution in [0.25, 0.3) is 0 Å². The molecule has 3 heterocycles. The van der Waals surface area contributed by atoms with Crippen LogP contribution in [0.1, 0.15) is 15.2 Å². The Balaban J connectivity index is 1.43. The lowest BCUT2D eigenvalue weighted by Crippen LogP contribution is -2.28. The second-order valence-electron chi connectivity index (χ2n) is 5.43. The number of halogens is 1. The summed E-state index contributed by atoms with van der Waals surface area (Å²) in [7, 11) is 0. The summed E-state index contributed by atoms with van der Waals surface area (Å²) < 4.78 is 0.595. The van der Waals surface area contributed by atoms with Crippen molar-refractivity contribution < 1.29 is 4.79 Å². The Hall–Kier alpha value is -2.71. The molecule has 0 aliphatic carbocycles. The van der Waals surface area contributed by atoms with Crippen molar-refractivity contribution in [1.82, 2.24) is 20.5 Å². The summed E-state index contributed by atoms with van der Waals surface area (Å²) in [5.74, 6) is 1.81. The summed E-state index contributed by atoms with van der Waals surface area (Å²) in [6, 6.07) is 10.9. The summed E-state index contributed by atoms with van der Waals surface area (Å²) >= 11 is 7.07. The van der Waals surface area contributed by atoms with Gasteiger partial charge in [0, 0.05) is 19.3 Å². The van der Waals surface area contributed by atoms with Crippen LogP contribution in [0.2, 0.25) is 4.34 Å². The van der Waals surface area contributed by atoms with Gasteiger partial charge in [-0.05, 0) is 48.9 Å². The van der Waals surface area contributed by atoms with E-state index < -0.39 is 0 Å². The second kappa shape index (κ2) is 8.59. The van der Waals surface area contributed by atoms with Crippen molar-refractivity contribution >= 4 is 46.3 Å². The fraction of sp³-hybridized carbons (Fsp3) is 0.176. The number of carbonyl (C=O) groups is 1. The summed E-state index contributed by atoms with van der Waals surface area (Å²) in [5, 5.41) is 17.2. The van der Waals surface area contributed by atoms with Crippen molar-refractivity contribution in [3.05, 3.63) is 57.4 Å². The lowest BCUT2D eigenvalue weighted by Gasteiger charge is -2.08. The number of carbonyl (C=O) groups excluding carboxylic acids is 1. The zero-order chi connectivity index (χ0) is 18.4. The number of aromatic nitrogens is 3. The molecule has 0 bridgehead atoms. The minimum absolute atomic E-state index is 0.139. The highest BCUT2D eigenvalue weighted by molar-refractivity contribution is 7.17. The van der Waals surface area contributed by atoms with E-state index in [2.05, 4.69) is 31.1 Å². The van der Waals surface area contributed by atoms with Gasteiger partial charge in [-0.3, -0.25) is 4.79 Å². The van der Waals surface area contributed by atoms with Gasteiger partial charge < -0.3 is 16.0 Å². The van der Waals surface area contributed by atoms with Gasteiger partial charge in [0.25, 0.3) is 5.91 Å². The zero-order valence-electron chi connectivity index (χ0n) is 14.0. The molecule has 3 rings (SSSR count). The fourth-order valence-corrected chi connectivity index (χ4v) is 3.08. The van der Waals surface area contributed by atoms with Crippen LogP contribution in [0, 0.1) is 6.92 Å². The fourth-order valence-electron chi connectivity index (χ4n) is 2.12. The number of thiophene rings is 1. The normalized spacial score (nSPS) is 10.4. The molecule has 1 amide bonds. The van der Waals surface area contributed by atoms with Crippen LogP contribution in [-0.2, 0) is 0 Å². The number of aryl methyl sites for hydroxylation is 1. The number of hydrogen-bond acceptors (Lipinski definition) is 7. The Kier molecular flexibility index (Phi) is 5.98. The predicted molar refractivity (Wildman–Crippen MR) is 104 cm³/mol. The van der Waals surface area contributed by atoms with Crippen LogP contribution in [0.15, 0.2) is 42.6 Å². The van der Waals surface area contributed by atoms with E-state index in [1.54, 1.807) is 18.3 Å². The first-order valence-corrected chi connectivity index (χ1v) is 9.10. The average Bonchev–Trinajstić information content (AvgIpc) is 3.06. The summed E-state index contributed by atoms with van der Waals surface area (Å²) in [4.78, 5) is 16.7. The van der Waals surface area contributed by atoms with Gasteiger partial charge in [0.05, 0.1) is 9.21 Å². The Labute approximate surface area is 159 Å². The number of pyridine rings is 1. The van der Waals surface area contributed by atoms with Crippen molar-refractivity contribution in [2.75, 3.05) is 23.7 Å². The number of anilines is 3. The molecule has 0 atom stereocenters. The maximum atomic E-state index is 11.9. The topological polar surface area (TPSA) is 91.8 Å². The standard InChI is InChI=1S/C17H17ClN6OS/c1-11-6-7-19-16(10-11)22-15-5-4-14(23-24-15)20-8-9-21-17(25)12-2-3-13(18)26-12/h2-7,10H,8-9H2,1H3,(H,20,23)(H,21,25)(H,19,22,24). The Bertz CT molecular complexity index is 883. The van der Waals surface area contributed by atoms with Crippen LogP contribution < -0.4 is 16.0 Å². The average molecular weight is 389 g/mol. The van der Waals surface area contributed by atoms with Gasteiger partial charge in [-0.25, -0.2) is 4.98 Å². The number of hydrogen-bond donors (Lipinski definition) is 3. The Morgan fingerprint density at radius 3 is 2.58 bits per heavy atom. The molecule has 3 aromatic rings. The van der Waals surface area contributed by atoms with Gasteiger partial charge in [-0.2, -0.15) is 0 Å². The highest BCUT2D eigenvalue weighted by atomic mass is 35.5. The molecule has 3 aromatic heterocycles. The largest absolute Gasteiger partial charge is 0.367 e. The van der Waals surface area contributed by atoms with E-state index in [-0.39, 0.29) is 5.91 Å². The van der Waals surface area contributed by atoms with Crippen LogP contribution in [-0.4, -0.2) is 34.2 Å². The smallest absolute Gasteiger partial charge is 0.261 e. The Morgan fingerprint density at radius 2 is 1.88 bits per heavy atom. The number of amides is 1. The molecule has 0 saturated carbocycles. The molecule has 7 nitrogen and oxygen atoms in total. The van der Waals surface area contributed by atoms with Gasteiger partial charge in [0.15, 0.2) is 5.82 Å². The molecule has 0 spiro atoms. The van der Waals surface area contributed by atoms with Crippen molar-refractivity contribution in [2.24, 2.45) is 0 Å². The van der Waals surface area contributed by atoms with Gasteiger partial charge in [0.2, 0.25) is 0 Å². The minimum Gasteiger partial charge on any atom is -0.367 e. The molecule has 3 N–H and O–H groups in total. The Morgan fingerprint density at radius 1 is 1.08 bits per heavy atom. The van der Waals surface area contributed by atoms with E-state index in [0.717, 1.165) is 11.4 Å². The third-order valence-corrected chi connectivity index (χ3v) is 4.58. The van der Waals surface area contributed by atoms with Gasteiger partial charge in [-0.1, -0.05) is 11.6 Å². The maximum Gasteiger partial charge on any atom is 0.261 e. The summed E-state index contributed by atoms with van der Waals surface area (Å²) in [6.45, 7) is 2.99. The molecule has 0 aliphatic heterocycles. The highest BCUT2D eigenvalue weighted by Crippen LogP contribution is 2.21. The number of nitrogens with zero attached hydrogens (tertiary/aromatic N) is 3. The molecule has 0 fully saturated rings. The van der Waals surface area contributed by atoms with Crippen molar-refractivity contribution in [3.63, 3.8) is 0 Å². The molecular weight excluding hydrogens is 372 g/mol. The van der Waals surface area contributed by atoms with Crippen molar-refractivity contribution in [2.45, 2.75) is 6.92 Å². The monoisotopic (exact) mass is 388 g/mol. The summed E-state index contributed by atoms with van der Waals surface area (Å²) in [6.07, 6.45) is 1.74. The molecule has 0 aliphatic rings. The third kappa shape index (κ3) is 5.14. The first-order chi connectivity index (χ1) is 12.6. The van der Waals surface area contributed by atoms with Gasteiger partial charge in [-0.15, -0.1) is 21.5 Å². The molecule has 9 heteroatoms. The lowest BCUT2D eigenvalue weighted by molar-refractivity contribution is 0.0959. The first kappa shape index (κ1) is 18.1. The van der Waals surface area contributed by atoms with Crippen LogP contribution in [0.5, 0.6) is 0 Å². The molecular formula is C17H17ClN6OS. The predicted octanol–water partition coefficient (Wildman–Crippen LogP) is 3.48. The zero-order valence-corrected chi connectivity index (χ0v) is 15.6. The van der Waals surface area contributed by atoms with Crippen LogP contribution >= 0.6 is 22.9 Å². The molecule has 26 heavy (non-hydrogen) atoms. The SMILES string of the molecule is Cc1ccnc(Nc2ccc(NCCNC(=O)c3ccc(Cl)s3)nn2)c1. The molecule has 0 saturated heterocycles. The van der Waals surface area contributed by atoms with Gasteiger partial charge >= 0.3 is 0 Å². The van der Waals surface area contributed by atoms with Gasteiger partial charge in [0.1, 0.15) is 11.6 Å². The highest BCUT2D eigenvalue weighted by Gasteiger charge is 2.07. The quantitative estimate of drug-likeness (QED) is 0.537. The molecule has 0 unspecified atom stereocenters. The number of rotatable bonds is 7. The van der Waals surface area contributed by atoms with Crippen LogP contribution in [0.3, 0.4) is 0 Å². The minimum atomic E-state index is -0.139. The molecule has 0 aromatic carbocycles. The maximum absolute atomic E-state index is 11.9. The molecule has 134 valence electrons. The van der Waals surface area contributed by atoms with E-state index in [1.807, 2.05) is 31.2 Å². The lowest BCUT2D eigenvalue weighted by atomic mass is 10.3. The summed E-state index contributed by atoms with van der Waals surface area (Å²) in [5.41, 5.74) is 1.11. The van der Waals surface area contributed by atoms with Crippen LogP contribution in [0.4, 0.5) is 17.5 Å². The second-order valence-corrected chi connectivity index (χ2v) is 7.15.